The second-order valence-electron chi connectivity index (χ2n) is 8.64. The minimum atomic E-state index is -3.70. The predicted molar refractivity (Wildman–Crippen MR) is 130 cm³/mol. The molecule has 2 amide bonds. The summed E-state index contributed by atoms with van der Waals surface area (Å²) in [5.41, 5.74) is 1.59. The Morgan fingerprint density at radius 1 is 1.15 bits per heavy atom. The van der Waals surface area contributed by atoms with Crippen molar-refractivity contribution in [2.24, 2.45) is 5.92 Å². The number of nitrogens with one attached hydrogen (secondary N) is 2. The minimum absolute atomic E-state index is 0.0941. The first kappa shape index (κ1) is 23.8. The molecule has 1 saturated heterocycles. The summed E-state index contributed by atoms with van der Waals surface area (Å²) >= 11 is 1.19. The van der Waals surface area contributed by atoms with Crippen LogP contribution in [-0.4, -0.2) is 50.0 Å². The topological polar surface area (TPSA) is 95.6 Å². The Bertz CT molecular complexity index is 1110. The molecule has 0 saturated carbocycles. The van der Waals surface area contributed by atoms with Crippen LogP contribution in [0, 0.1) is 5.92 Å². The molecule has 7 nitrogen and oxygen atoms in total. The highest BCUT2D eigenvalue weighted by atomic mass is 32.2. The number of likely N-dealkylation sites (tertiary alicyclic amines) is 1. The Hall–Kier alpha value is -2.36. The molecule has 4 rings (SSSR count). The molecule has 0 bridgehead atoms. The molecule has 0 aliphatic carbocycles. The molecule has 2 N–H and O–H groups in total. The van der Waals surface area contributed by atoms with Crippen LogP contribution < -0.4 is 10.0 Å². The van der Waals surface area contributed by atoms with Crippen LogP contribution in [0.5, 0.6) is 0 Å². The second kappa shape index (κ2) is 10.3. The lowest BCUT2D eigenvalue weighted by molar-refractivity contribution is -0.135. The largest absolute Gasteiger partial charge is 0.341 e. The molecule has 2 aromatic rings. The number of thioether (sulfide) groups is 1. The molecule has 2 aliphatic heterocycles. The molecular formula is C24H29N3O4S2. The Kier molecular flexibility index (Phi) is 7.41. The predicted octanol–water partition coefficient (Wildman–Crippen LogP) is 3.27. The minimum Gasteiger partial charge on any atom is -0.341 e. The van der Waals surface area contributed by atoms with Gasteiger partial charge in [-0.25, -0.2) is 13.1 Å². The van der Waals surface area contributed by atoms with Gasteiger partial charge in [0.1, 0.15) is 0 Å². The van der Waals surface area contributed by atoms with Crippen LogP contribution >= 0.6 is 11.8 Å². The summed E-state index contributed by atoms with van der Waals surface area (Å²) in [5, 5.41) is 1.90. The Labute approximate surface area is 199 Å². The first-order chi connectivity index (χ1) is 15.8. The van der Waals surface area contributed by atoms with Crippen molar-refractivity contribution in [2.75, 3.05) is 25.0 Å². The van der Waals surface area contributed by atoms with E-state index in [9.17, 15) is 18.0 Å². The van der Waals surface area contributed by atoms with E-state index in [0.29, 0.717) is 42.6 Å². The lowest BCUT2D eigenvalue weighted by atomic mass is 9.99. The zero-order valence-electron chi connectivity index (χ0n) is 18.6. The number of rotatable bonds is 7. The van der Waals surface area contributed by atoms with Crippen LogP contribution in [0.15, 0.2) is 58.3 Å². The van der Waals surface area contributed by atoms with Crippen LogP contribution in [-0.2, 0) is 26.0 Å². The van der Waals surface area contributed by atoms with Crippen molar-refractivity contribution in [3.63, 3.8) is 0 Å². The highest BCUT2D eigenvalue weighted by Gasteiger charge is 2.37. The molecule has 2 aliphatic rings. The molecule has 0 radical (unpaired) electrons. The number of amides is 2. The number of benzene rings is 2. The highest BCUT2D eigenvalue weighted by molar-refractivity contribution is 8.01. The average Bonchev–Trinajstić information content (AvgIpc) is 2.82. The van der Waals surface area contributed by atoms with Gasteiger partial charge in [0, 0.05) is 24.5 Å². The Morgan fingerprint density at radius 3 is 2.61 bits per heavy atom. The van der Waals surface area contributed by atoms with Gasteiger partial charge < -0.3 is 10.2 Å². The normalized spacial score (nSPS) is 19.1. The maximum absolute atomic E-state index is 12.9. The second-order valence-corrected chi connectivity index (χ2v) is 11.6. The van der Waals surface area contributed by atoms with Crippen LogP contribution in [0.2, 0.25) is 0 Å². The van der Waals surface area contributed by atoms with E-state index in [-0.39, 0.29) is 10.8 Å². The van der Waals surface area contributed by atoms with E-state index in [1.807, 2.05) is 30.3 Å². The van der Waals surface area contributed by atoms with Gasteiger partial charge in [0.25, 0.3) is 0 Å². The smallest absolute Gasteiger partial charge is 0.247 e. The standard InChI is InChI=1S/C24H29N3O4S2/c1-17-11-14-27(15-12-17)24(29)22-23(28)26-20-16-19(9-10-21(20)32-22)33(30,31)25-13-5-8-18-6-3-2-4-7-18/h2-4,6-7,9-10,16-17,22,25H,5,8,11-15H2,1H3,(H,26,28)/t22-/m1/s1. The van der Waals surface area contributed by atoms with E-state index in [1.54, 1.807) is 11.0 Å². The van der Waals surface area contributed by atoms with Gasteiger partial charge in [-0.1, -0.05) is 37.3 Å². The number of carbonyl (C=O) groups is 2. The summed E-state index contributed by atoms with van der Waals surface area (Å²) in [6.07, 6.45) is 3.35. The first-order valence-electron chi connectivity index (χ1n) is 11.3. The van der Waals surface area contributed by atoms with Crippen molar-refractivity contribution < 1.29 is 18.0 Å². The molecule has 0 unspecified atom stereocenters. The van der Waals surface area contributed by atoms with Crippen molar-refractivity contribution in [1.82, 2.24) is 9.62 Å². The molecule has 33 heavy (non-hydrogen) atoms. The molecule has 0 aromatic heterocycles. The molecule has 1 fully saturated rings. The molecular weight excluding hydrogens is 458 g/mol. The monoisotopic (exact) mass is 487 g/mol. The number of sulfonamides is 1. The number of anilines is 1. The number of carbonyl (C=O) groups excluding carboxylic acids is 2. The van der Waals surface area contributed by atoms with Crippen molar-refractivity contribution >= 4 is 39.3 Å². The maximum atomic E-state index is 12.9. The van der Waals surface area contributed by atoms with Gasteiger partial charge in [-0.2, -0.15) is 0 Å². The van der Waals surface area contributed by atoms with E-state index in [4.69, 9.17) is 0 Å². The highest BCUT2D eigenvalue weighted by Crippen LogP contribution is 2.38. The van der Waals surface area contributed by atoms with Gasteiger partial charge in [-0.05, 0) is 55.4 Å². The zero-order chi connectivity index (χ0) is 23.4. The molecule has 2 heterocycles. The number of fused-ring (bicyclic) bond motifs is 1. The fourth-order valence-electron chi connectivity index (χ4n) is 4.04. The quantitative estimate of drug-likeness (QED) is 0.462. The summed E-state index contributed by atoms with van der Waals surface area (Å²) in [5.74, 6) is 0.0169. The van der Waals surface area contributed by atoms with Crippen molar-refractivity contribution in [3.05, 3.63) is 54.1 Å². The zero-order valence-corrected chi connectivity index (χ0v) is 20.3. The molecule has 2 aromatic carbocycles. The number of aryl methyl sites for hydroxylation is 1. The summed E-state index contributed by atoms with van der Waals surface area (Å²) < 4.78 is 28.1. The van der Waals surface area contributed by atoms with Gasteiger partial charge in [0.05, 0.1) is 10.6 Å². The van der Waals surface area contributed by atoms with Crippen molar-refractivity contribution in [3.8, 4) is 0 Å². The number of nitrogens with zero attached hydrogens (tertiary/aromatic N) is 1. The lowest BCUT2D eigenvalue weighted by Gasteiger charge is -2.33. The number of hydrogen-bond acceptors (Lipinski definition) is 5. The fourth-order valence-corrected chi connectivity index (χ4v) is 6.19. The number of piperidine rings is 1. The van der Waals surface area contributed by atoms with Gasteiger partial charge in [-0.3, -0.25) is 9.59 Å². The molecule has 176 valence electrons. The third kappa shape index (κ3) is 5.77. The maximum Gasteiger partial charge on any atom is 0.247 e. The van der Waals surface area contributed by atoms with Gasteiger partial charge in [0.15, 0.2) is 5.25 Å². The molecule has 9 heteroatoms. The van der Waals surface area contributed by atoms with Crippen molar-refractivity contribution in [1.29, 1.82) is 0 Å². The fraction of sp³-hybridized carbons (Fsp3) is 0.417. The van der Waals surface area contributed by atoms with Crippen LogP contribution in [0.3, 0.4) is 0 Å². The summed E-state index contributed by atoms with van der Waals surface area (Å²) in [6, 6.07) is 14.6. The summed E-state index contributed by atoms with van der Waals surface area (Å²) in [4.78, 5) is 28.1. The van der Waals surface area contributed by atoms with Crippen LogP contribution in [0.4, 0.5) is 5.69 Å². The SMILES string of the molecule is CC1CCN(C(=O)[C@@H]2Sc3ccc(S(=O)(=O)NCCCc4ccccc4)cc3NC2=O)CC1. The summed E-state index contributed by atoms with van der Waals surface area (Å²) in [6.45, 7) is 3.83. The third-order valence-electron chi connectivity index (χ3n) is 6.10. The van der Waals surface area contributed by atoms with Gasteiger partial charge in [-0.15, -0.1) is 11.8 Å². The lowest BCUT2D eigenvalue weighted by Crippen LogP contribution is -2.47. The average molecular weight is 488 g/mol. The number of hydrogen-bond donors (Lipinski definition) is 2. The first-order valence-corrected chi connectivity index (χ1v) is 13.6. The van der Waals surface area contributed by atoms with Crippen molar-refractivity contribution in [2.45, 2.75) is 47.6 Å². The summed E-state index contributed by atoms with van der Waals surface area (Å²) in [7, 11) is -3.70. The third-order valence-corrected chi connectivity index (χ3v) is 8.82. The van der Waals surface area contributed by atoms with Crippen LogP contribution in [0.1, 0.15) is 31.7 Å². The Morgan fingerprint density at radius 2 is 1.88 bits per heavy atom. The van der Waals surface area contributed by atoms with E-state index in [2.05, 4.69) is 17.0 Å². The van der Waals surface area contributed by atoms with E-state index < -0.39 is 21.2 Å². The Balaban J connectivity index is 1.37. The van der Waals surface area contributed by atoms with E-state index >= 15 is 0 Å². The molecule has 0 spiro atoms. The van der Waals surface area contributed by atoms with E-state index in [0.717, 1.165) is 24.8 Å². The van der Waals surface area contributed by atoms with Crippen LogP contribution in [0.25, 0.3) is 0 Å². The van der Waals surface area contributed by atoms with Gasteiger partial charge in [0.2, 0.25) is 21.8 Å². The van der Waals surface area contributed by atoms with E-state index in [1.165, 1.54) is 23.9 Å². The molecule has 1 atom stereocenters. The van der Waals surface area contributed by atoms with Gasteiger partial charge >= 0.3 is 0 Å².